The lowest BCUT2D eigenvalue weighted by atomic mass is 10.2. The summed E-state index contributed by atoms with van der Waals surface area (Å²) in [5.41, 5.74) is 0.543. The molecule has 0 radical (unpaired) electrons. The zero-order chi connectivity index (χ0) is 15.7. The van der Waals surface area contributed by atoms with E-state index < -0.39 is 10.0 Å². The van der Waals surface area contributed by atoms with Crippen molar-refractivity contribution in [1.82, 2.24) is 3.97 Å². The average molecular weight is 317 g/mol. The van der Waals surface area contributed by atoms with Gasteiger partial charge in [-0.3, -0.25) is 0 Å². The summed E-state index contributed by atoms with van der Waals surface area (Å²) in [6.07, 6.45) is 1.53. The van der Waals surface area contributed by atoms with Gasteiger partial charge in [-0.25, -0.2) is 12.4 Å². The highest BCUT2D eigenvalue weighted by atomic mass is 32.2. The van der Waals surface area contributed by atoms with Gasteiger partial charge in [0.05, 0.1) is 24.6 Å². The van der Waals surface area contributed by atoms with Gasteiger partial charge in [0.15, 0.2) is 11.5 Å². The Morgan fingerprint density at radius 1 is 0.909 bits per heavy atom. The Bertz CT molecular complexity index is 914. The molecule has 1 heterocycles. The summed E-state index contributed by atoms with van der Waals surface area (Å²) >= 11 is 0. The predicted molar refractivity (Wildman–Crippen MR) is 84.1 cm³/mol. The molecule has 1 aromatic heterocycles. The van der Waals surface area contributed by atoms with Crippen LogP contribution in [0.25, 0.3) is 10.9 Å². The van der Waals surface area contributed by atoms with E-state index in [-0.39, 0.29) is 4.90 Å². The summed E-state index contributed by atoms with van der Waals surface area (Å²) in [5, 5.41) is 0.761. The number of hydrogen-bond donors (Lipinski definition) is 0. The third-order valence-electron chi connectivity index (χ3n) is 3.46. The second-order valence-electron chi connectivity index (χ2n) is 4.70. The van der Waals surface area contributed by atoms with Crippen LogP contribution in [0, 0.1) is 0 Å². The molecule has 0 fully saturated rings. The molecule has 0 bridgehead atoms. The van der Waals surface area contributed by atoms with E-state index in [9.17, 15) is 8.42 Å². The third kappa shape index (κ3) is 2.21. The van der Waals surface area contributed by atoms with Crippen molar-refractivity contribution in [3.63, 3.8) is 0 Å². The van der Waals surface area contributed by atoms with Crippen LogP contribution in [0.5, 0.6) is 11.5 Å². The Labute approximate surface area is 128 Å². The van der Waals surface area contributed by atoms with Crippen molar-refractivity contribution in [3.8, 4) is 11.5 Å². The van der Waals surface area contributed by atoms with Crippen molar-refractivity contribution < 1.29 is 17.9 Å². The highest BCUT2D eigenvalue weighted by molar-refractivity contribution is 7.90. The van der Waals surface area contributed by atoms with Crippen molar-refractivity contribution in [1.29, 1.82) is 0 Å². The maximum Gasteiger partial charge on any atom is 0.268 e. The van der Waals surface area contributed by atoms with Gasteiger partial charge in [0.25, 0.3) is 10.0 Å². The highest BCUT2D eigenvalue weighted by Gasteiger charge is 2.19. The first-order valence-electron chi connectivity index (χ1n) is 6.61. The van der Waals surface area contributed by atoms with Gasteiger partial charge in [-0.05, 0) is 24.3 Å². The second-order valence-corrected chi connectivity index (χ2v) is 6.51. The molecule has 114 valence electrons. The van der Waals surface area contributed by atoms with Crippen LogP contribution in [0.1, 0.15) is 0 Å². The summed E-state index contributed by atoms with van der Waals surface area (Å²) in [6.45, 7) is 0. The zero-order valence-corrected chi connectivity index (χ0v) is 13.0. The largest absolute Gasteiger partial charge is 0.493 e. The van der Waals surface area contributed by atoms with Gasteiger partial charge in [-0.2, -0.15) is 0 Å². The Morgan fingerprint density at radius 2 is 1.55 bits per heavy atom. The van der Waals surface area contributed by atoms with Gasteiger partial charge in [0, 0.05) is 17.6 Å². The Morgan fingerprint density at radius 3 is 2.18 bits per heavy atom. The van der Waals surface area contributed by atoms with Gasteiger partial charge in [-0.1, -0.05) is 18.2 Å². The third-order valence-corrected chi connectivity index (χ3v) is 5.16. The second kappa shape index (κ2) is 5.38. The SMILES string of the molecule is COc1cc2ccn(S(=O)(=O)c3ccccc3)c2cc1OC. The van der Waals surface area contributed by atoms with Crippen molar-refractivity contribution in [2.75, 3.05) is 14.2 Å². The van der Waals surface area contributed by atoms with Crippen molar-refractivity contribution in [3.05, 3.63) is 54.7 Å². The molecule has 5 nitrogen and oxygen atoms in total. The van der Waals surface area contributed by atoms with Gasteiger partial charge in [0.2, 0.25) is 0 Å². The minimum atomic E-state index is -3.65. The van der Waals surface area contributed by atoms with Crippen LogP contribution >= 0.6 is 0 Å². The van der Waals surface area contributed by atoms with Crippen LogP contribution in [-0.2, 0) is 10.0 Å². The van der Waals surface area contributed by atoms with Crippen LogP contribution in [0.2, 0.25) is 0 Å². The van der Waals surface area contributed by atoms with Crippen molar-refractivity contribution in [2.24, 2.45) is 0 Å². The fourth-order valence-electron chi connectivity index (χ4n) is 2.35. The lowest BCUT2D eigenvalue weighted by molar-refractivity contribution is 0.356. The topological polar surface area (TPSA) is 57.5 Å². The zero-order valence-electron chi connectivity index (χ0n) is 12.2. The number of ether oxygens (including phenoxy) is 2. The molecular weight excluding hydrogens is 302 g/mol. The Kier molecular flexibility index (Phi) is 3.54. The van der Waals surface area contributed by atoms with Crippen LogP contribution in [0.15, 0.2) is 59.6 Å². The summed E-state index contributed by atoms with van der Waals surface area (Å²) in [5.74, 6) is 1.04. The van der Waals surface area contributed by atoms with Crippen LogP contribution in [-0.4, -0.2) is 26.6 Å². The molecule has 0 aliphatic heterocycles. The first-order chi connectivity index (χ1) is 10.6. The van der Waals surface area contributed by atoms with Crippen LogP contribution < -0.4 is 9.47 Å². The molecule has 0 saturated carbocycles. The summed E-state index contributed by atoms with van der Waals surface area (Å²) in [4.78, 5) is 0.238. The minimum Gasteiger partial charge on any atom is -0.493 e. The summed E-state index contributed by atoms with van der Waals surface area (Å²) < 4.78 is 37.3. The number of methoxy groups -OCH3 is 2. The van der Waals surface area contributed by atoms with E-state index in [0.717, 1.165) is 5.39 Å². The lowest BCUT2D eigenvalue weighted by Crippen LogP contribution is -2.11. The molecule has 22 heavy (non-hydrogen) atoms. The van der Waals surface area contributed by atoms with Gasteiger partial charge >= 0.3 is 0 Å². The van der Waals surface area contributed by atoms with Crippen LogP contribution in [0.4, 0.5) is 0 Å². The number of hydrogen-bond acceptors (Lipinski definition) is 4. The molecule has 0 unspecified atom stereocenters. The van der Waals surface area contributed by atoms with E-state index >= 15 is 0 Å². The number of fused-ring (bicyclic) bond motifs is 1. The molecule has 0 saturated heterocycles. The molecule has 0 atom stereocenters. The fraction of sp³-hybridized carbons (Fsp3) is 0.125. The molecule has 0 N–H and O–H groups in total. The molecule has 0 spiro atoms. The van der Waals surface area contributed by atoms with Crippen molar-refractivity contribution in [2.45, 2.75) is 4.90 Å². The molecule has 2 aromatic carbocycles. The quantitative estimate of drug-likeness (QED) is 0.742. The van der Waals surface area contributed by atoms with E-state index in [1.165, 1.54) is 17.3 Å². The monoisotopic (exact) mass is 317 g/mol. The number of nitrogens with zero attached hydrogens (tertiary/aromatic N) is 1. The van der Waals surface area contributed by atoms with E-state index in [1.807, 2.05) is 0 Å². The molecule has 3 aromatic rings. The lowest BCUT2D eigenvalue weighted by Gasteiger charge is -2.10. The normalized spacial score (nSPS) is 11.5. The number of aromatic nitrogens is 1. The Hall–Kier alpha value is -2.47. The number of rotatable bonds is 4. The van der Waals surface area contributed by atoms with Crippen molar-refractivity contribution >= 4 is 20.9 Å². The fourth-order valence-corrected chi connectivity index (χ4v) is 3.72. The molecule has 3 rings (SSSR count). The first kappa shape index (κ1) is 14.5. The maximum absolute atomic E-state index is 12.8. The van der Waals surface area contributed by atoms with E-state index in [2.05, 4.69) is 0 Å². The first-order valence-corrected chi connectivity index (χ1v) is 8.05. The van der Waals surface area contributed by atoms with Gasteiger partial charge in [-0.15, -0.1) is 0 Å². The number of benzene rings is 2. The average Bonchev–Trinajstić information content (AvgIpc) is 2.97. The predicted octanol–water partition coefficient (Wildman–Crippen LogP) is 2.90. The summed E-state index contributed by atoms with van der Waals surface area (Å²) in [7, 11) is -0.587. The molecule has 0 amide bonds. The van der Waals surface area contributed by atoms with Crippen LogP contribution in [0.3, 0.4) is 0 Å². The summed E-state index contributed by atoms with van der Waals surface area (Å²) in [6, 6.07) is 13.5. The van der Waals surface area contributed by atoms with E-state index in [4.69, 9.17) is 9.47 Å². The molecular formula is C16H15NO4S. The maximum atomic E-state index is 12.8. The minimum absolute atomic E-state index is 0.238. The molecule has 6 heteroatoms. The standard InChI is InChI=1S/C16H15NO4S/c1-20-15-10-12-8-9-17(14(12)11-16(15)21-2)22(18,19)13-6-4-3-5-7-13/h3-11H,1-2H3. The van der Waals surface area contributed by atoms with E-state index in [1.54, 1.807) is 55.6 Å². The van der Waals surface area contributed by atoms with Gasteiger partial charge < -0.3 is 9.47 Å². The Balaban J connectivity index is 2.24. The molecule has 0 aliphatic rings. The molecule has 0 aliphatic carbocycles. The van der Waals surface area contributed by atoms with Gasteiger partial charge in [0.1, 0.15) is 0 Å². The highest BCUT2D eigenvalue weighted by Crippen LogP contribution is 2.33. The van der Waals surface area contributed by atoms with E-state index in [0.29, 0.717) is 17.0 Å². The smallest absolute Gasteiger partial charge is 0.268 e.